The van der Waals surface area contributed by atoms with E-state index in [0.29, 0.717) is 5.69 Å². The Morgan fingerprint density at radius 2 is 1.79 bits per heavy atom. The van der Waals surface area contributed by atoms with Crippen LogP contribution in [0.5, 0.6) is 0 Å². The molecule has 0 aromatic carbocycles. The van der Waals surface area contributed by atoms with Crippen molar-refractivity contribution in [3.05, 3.63) is 66.2 Å². The SMILES string of the molecule is O=C(Cc1ccc2ncccc2n1)c1ccccn1. The lowest BCUT2D eigenvalue weighted by molar-refractivity contribution is 0.0987. The highest BCUT2D eigenvalue weighted by Crippen LogP contribution is 2.10. The summed E-state index contributed by atoms with van der Waals surface area (Å²) in [7, 11) is 0. The summed E-state index contributed by atoms with van der Waals surface area (Å²) in [5.41, 5.74) is 2.83. The zero-order valence-electron chi connectivity index (χ0n) is 10.2. The highest BCUT2D eigenvalue weighted by Gasteiger charge is 2.09. The number of pyridine rings is 3. The first-order valence-corrected chi connectivity index (χ1v) is 5.98. The number of ketones is 1. The topological polar surface area (TPSA) is 55.7 Å². The predicted molar refractivity (Wildman–Crippen MR) is 71.8 cm³/mol. The first kappa shape index (κ1) is 11.5. The molecule has 0 fully saturated rings. The van der Waals surface area contributed by atoms with E-state index in [2.05, 4.69) is 15.0 Å². The third-order valence-corrected chi connectivity index (χ3v) is 2.81. The molecule has 4 heteroatoms. The minimum atomic E-state index is -0.0312. The lowest BCUT2D eigenvalue weighted by atomic mass is 10.1. The second-order valence-corrected chi connectivity index (χ2v) is 4.16. The molecule has 0 aliphatic rings. The van der Waals surface area contributed by atoms with Gasteiger partial charge in [0.1, 0.15) is 5.69 Å². The van der Waals surface area contributed by atoms with E-state index in [9.17, 15) is 4.79 Å². The summed E-state index contributed by atoms with van der Waals surface area (Å²) in [6.45, 7) is 0. The van der Waals surface area contributed by atoms with E-state index in [0.717, 1.165) is 16.7 Å². The van der Waals surface area contributed by atoms with Crippen LogP contribution in [0, 0.1) is 0 Å². The van der Waals surface area contributed by atoms with Crippen molar-refractivity contribution in [2.75, 3.05) is 0 Å². The first-order chi connectivity index (χ1) is 9.33. The largest absolute Gasteiger partial charge is 0.292 e. The maximum absolute atomic E-state index is 12.0. The molecule has 3 rings (SSSR count). The van der Waals surface area contributed by atoms with Crippen LogP contribution >= 0.6 is 0 Å². The lowest BCUT2D eigenvalue weighted by Crippen LogP contribution is -2.06. The Bertz CT molecular complexity index is 726. The molecule has 0 aliphatic carbocycles. The van der Waals surface area contributed by atoms with Crippen LogP contribution in [-0.4, -0.2) is 20.7 Å². The molecule has 0 saturated carbocycles. The molecule has 0 unspecified atom stereocenters. The third-order valence-electron chi connectivity index (χ3n) is 2.81. The van der Waals surface area contributed by atoms with Crippen LogP contribution in [0.2, 0.25) is 0 Å². The van der Waals surface area contributed by atoms with E-state index >= 15 is 0 Å². The van der Waals surface area contributed by atoms with Crippen molar-refractivity contribution in [2.24, 2.45) is 0 Å². The van der Waals surface area contributed by atoms with E-state index in [1.54, 1.807) is 30.6 Å². The Morgan fingerprint density at radius 3 is 2.63 bits per heavy atom. The van der Waals surface area contributed by atoms with Crippen LogP contribution < -0.4 is 0 Å². The number of carbonyl (C=O) groups is 1. The van der Waals surface area contributed by atoms with E-state index in [4.69, 9.17) is 0 Å². The van der Waals surface area contributed by atoms with Gasteiger partial charge in [-0.05, 0) is 36.4 Å². The zero-order valence-corrected chi connectivity index (χ0v) is 10.2. The lowest BCUT2D eigenvalue weighted by Gasteiger charge is -2.02. The molecule has 0 amide bonds. The summed E-state index contributed by atoms with van der Waals surface area (Å²) < 4.78 is 0. The summed E-state index contributed by atoms with van der Waals surface area (Å²) in [6, 6.07) is 12.7. The van der Waals surface area contributed by atoms with Gasteiger partial charge >= 0.3 is 0 Å². The maximum atomic E-state index is 12.0. The molecule has 4 nitrogen and oxygen atoms in total. The highest BCUT2D eigenvalue weighted by molar-refractivity contribution is 5.95. The zero-order chi connectivity index (χ0) is 13.1. The van der Waals surface area contributed by atoms with Crippen LogP contribution in [0.15, 0.2) is 54.9 Å². The van der Waals surface area contributed by atoms with Gasteiger partial charge in [-0.15, -0.1) is 0 Å². The second-order valence-electron chi connectivity index (χ2n) is 4.16. The van der Waals surface area contributed by atoms with Gasteiger partial charge in [-0.25, -0.2) is 0 Å². The summed E-state index contributed by atoms with van der Waals surface area (Å²) in [5, 5.41) is 0. The van der Waals surface area contributed by atoms with E-state index in [1.807, 2.05) is 24.3 Å². The molecule has 0 saturated heterocycles. The molecule has 0 spiro atoms. The highest BCUT2D eigenvalue weighted by atomic mass is 16.1. The van der Waals surface area contributed by atoms with Crippen molar-refractivity contribution in [3.63, 3.8) is 0 Å². The predicted octanol–water partition coefficient (Wildman–Crippen LogP) is 2.45. The van der Waals surface area contributed by atoms with Gasteiger partial charge in [0.15, 0.2) is 5.78 Å². The van der Waals surface area contributed by atoms with Gasteiger partial charge < -0.3 is 0 Å². The molecule has 0 aliphatic heterocycles. The van der Waals surface area contributed by atoms with Crippen molar-refractivity contribution in [2.45, 2.75) is 6.42 Å². The summed E-state index contributed by atoms with van der Waals surface area (Å²) >= 11 is 0. The number of hydrogen-bond acceptors (Lipinski definition) is 4. The molecule has 3 aromatic rings. The maximum Gasteiger partial charge on any atom is 0.187 e. The fraction of sp³-hybridized carbons (Fsp3) is 0.0667. The number of nitrogens with zero attached hydrogens (tertiary/aromatic N) is 3. The standard InChI is InChI=1S/C15H11N3O/c19-15(14-4-1-2-8-17-14)10-11-6-7-12-13(18-11)5-3-9-16-12/h1-9H,10H2. The number of hydrogen-bond donors (Lipinski definition) is 0. The molecule has 19 heavy (non-hydrogen) atoms. The van der Waals surface area contributed by atoms with Gasteiger partial charge in [0.25, 0.3) is 0 Å². The molecule has 0 bridgehead atoms. The van der Waals surface area contributed by atoms with Crippen molar-refractivity contribution < 1.29 is 4.79 Å². The molecule has 3 aromatic heterocycles. The molecule has 0 N–H and O–H groups in total. The van der Waals surface area contributed by atoms with Gasteiger partial charge in [-0.2, -0.15) is 0 Å². The van der Waals surface area contributed by atoms with E-state index < -0.39 is 0 Å². The van der Waals surface area contributed by atoms with Crippen LogP contribution in [-0.2, 0) is 6.42 Å². The molecule has 0 radical (unpaired) electrons. The average molecular weight is 249 g/mol. The Balaban J connectivity index is 1.87. The first-order valence-electron chi connectivity index (χ1n) is 5.98. The van der Waals surface area contributed by atoms with Crippen LogP contribution in [0.25, 0.3) is 11.0 Å². The minimum Gasteiger partial charge on any atom is -0.292 e. The van der Waals surface area contributed by atoms with E-state index in [1.165, 1.54) is 0 Å². The molecular weight excluding hydrogens is 238 g/mol. The third kappa shape index (κ3) is 2.47. The Morgan fingerprint density at radius 1 is 0.895 bits per heavy atom. The molecular formula is C15H11N3O. The molecule has 92 valence electrons. The fourth-order valence-electron chi connectivity index (χ4n) is 1.88. The normalized spacial score (nSPS) is 10.5. The van der Waals surface area contributed by atoms with Crippen LogP contribution in [0.3, 0.4) is 0 Å². The smallest absolute Gasteiger partial charge is 0.187 e. The van der Waals surface area contributed by atoms with Crippen LogP contribution in [0.4, 0.5) is 0 Å². The molecule has 0 atom stereocenters. The number of fused-ring (bicyclic) bond motifs is 1. The average Bonchev–Trinajstić information content (AvgIpc) is 2.48. The van der Waals surface area contributed by atoms with Gasteiger partial charge in [-0.3, -0.25) is 19.7 Å². The minimum absolute atomic E-state index is 0.0312. The van der Waals surface area contributed by atoms with Gasteiger partial charge in [-0.1, -0.05) is 6.07 Å². The van der Waals surface area contributed by atoms with Crippen molar-refractivity contribution in [1.82, 2.24) is 15.0 Å². The second kappa shape index (κ2) is 4.94. The number of rotatable bonds is 3. The van der Waals surface area contributed by atoms with Crippen molar-refractivity contribution >= 4 is 16.8 Å². The summed E-state index contributed by atoms with van der Waals surface area (Å²) in [4.78, 5) is 24.7. The quantitative estimate of drug-likeness (QED) is 0.669. The number of aromatic nitrogens is 3. The monoisotopic (exact) mass is 249 g/mol. The fourth-order valence-corrected chi connectivity index (χ4v) is 1.88. The van der Waals surface area contributed by atoms with Gasteiger partial charge in [0, 0.05) is 18.1 Å². The number of carbonyl (C=O) groups excluding carboxylic acids is 1. The van der Waals surface area contributed by atoms with Crippen molar-refractivity contribution in [3.8, 4) is 0 Å². The molecule has 3 heterocycles. The van der Waals surface area contributed by atoms with Gasteiger partial charge in [0.2, 0.25) is 0 Å². The Labute approximate surface area is 110 Å². The Hall–Kier alpha value is -2.62. The van der Waals surface area contributed by atoms with Gasteiger partial charge in [0.05, 0.1) is 17.5 Å². The Kier molecular flexibility index (Phi) is 2.98. The number of Topliss-reactive ketones (excluding diaryl/α,β-unsaturated/α-hetero) is 1. The van der Waals surface area contributed by atoms with Crippen LogP contribution in [0.1, 0.15) is 16.2 Å². The summed E-state index contributed by atoms with van der Waals surface area (Å²) in [5.74, 6) is -0.0312. The summed E-state index contributed by atoms with van der Waals surface area (Å²) in [6.07, 6.45) is 3.59. The van der Waals surface area contributed by atoms with Crippen molar-refractivity contribution in [1.29, 1.82) is 0 Å². The van der Waals surface area contributed by atoms with E-state index in [-0.39, 0.29) is 12.2 Å².